The van der Waals surface area contributed by atoms with Gasteiger partial charge in [0.25, 0.3) is 0 Å². The molecule has 0 saturated carbocycles. The molecular formula is C10H12N4O3S. The van der Waals surface area contributed by atoms with Crippen LogP contribution in [-0.2, 0) is 9.47 Å². The number of rotatable bonds is 3. The fraction of sp³-hybridized carbons (Fsp3) is 0.500. The Bertz CT molecular complexity index is 561. The van der Waals surface area contributed by atoms with Crippen molar-refractivity contribution >= 4 is 22.9 Å². The molecule has 0 spiro atoms. The molecule has 0 aromatic carbocycles. The number of imidazole rings is 1. The van der Waals surface area contributed by atoms with E-state index in [1.165, 1.54) is 18.1 Å². The zero-order valence-electron chi connectivity index (χ0n) is 9.68. The molecule has 3 rings (SSSR count). The van der Waals surface area contributed by atoms with E-state index in [1.807, 2.05) is 10.8 Å². The van der Waals surface area contributed by atoms with Crippen molar-refractivity contribution in [3.05, 3.63) is 12.7 Å². The lowest BCUT2D eigenvalue weighted by atomic mass is 10.5. The third kappa shape index (κ3) is 1.87. The van der Waals surface area contributed by atoms with E-state index >= 15 is 0 Å². The summed E-state index contributed by atoms with van der Waals surface area (Å²) in [5.74, 6) is 0. The minimum absolute atomic E-state index is 0.158. The number of thioether (sulfide) groups is 1. The van der Waals surface area contributed by atoms with Crippen LogP contribution >= 0.6 is 11.8 Å². The molecular weight excluding hydrogens is 256 g/mol. The molecule has 1 N–H and O–H groups in total. The molecule has 0 unspecified atom stereocenters. The van der Waals surface area contributed by atoms with Gasteiger partial charge in [0, 0.05) is 0 Å². The van der Waals surface area contributed by atoms with Gasteiger partial charge >= 0.3 is 0 Å². The second-order valence-electron chi connectivity index (χ2n) is 3.74. The highest BCUT2D eigenvalue weighted by Crippen LogP contribution is 2.28. The molecule has 0 amide bonds. The van der Waals surface area contributed by atoms with Crippen LogP contribution in [0.1, 0.15) is 6.23 Å². The van der Waals surface area contributed by atoms with Crippen molar-refractivity contribution in [2.24, 2.45) is 0 Å². The number of aliphatic hydroxyl groups is 1. The molecule has 8 heteroatoms. The van der Waals surface area contributed by atoms with Crippen LogP contribution < -0.4 is 0 Å². The van der Waals surface area contributed by atoms with Gasteiger partial charge in [0.1, 0.15) is 16.9 Å². The first kappa shape index (κ1) is 11.8. The average molecular weight is 268 g/mol. The molecule has 1 fully saturated rings. The predicted molar refractivity (Wildman–Crippen MR) is 64.1 cm³/mol. The van der Waals surface area contributed by atoms with Crippen LogP contribution in [0.4, 0.5) is 0 Å². The van der Waals surface area contributed by atoms with E-state index in [0.717, 1.165) is 10.5 Å². The van der Waals surface area contributed by atoms with E-state index in [9.17, 15) is 0 Å². The Morgan fingerprint density at radius 1 is 1.50 bits per heavy atom. The van der Waals surface area contributed by atoms with E-state index < -0.39 is 6.29 Å². The largest absolute Gasteiger partial charge is 0.391 e. The summed E-state index contributed by atoms with van der Waals surface area (Å²) in [6.07, 6.45) is 4.22. The topological polar surface area (TPSA) is 82.3 Å². The highest BCUT2D eigenvalue weighted by atomic mass is 32.2. The van der Waals surface area contributed by atoms with Crippen LogP contribution in [0.25, 0.3) is 11.2 Å². The zero-order chi connectivity index (χ0) is 12.5. The molecule has 96 valence electrons. The quantitative estimate of drug-likeness (QED) is 0.637. The van der Waals surface area contributed by atoms with Crippen LogP contribution in [0.15, 0.2) is 17.7 Å². The van der Waals surface area contributed by atoms with E-state index in [-0.39, 0.29) is 12.8 Å². The normalized spacial score (nSPS) is 23.9. The molecule has 2 aromatic heterocycles. The molecule has 0 aliphatic carbocycles. The molecule has 2 atom stereocenters. The lowest BCUT2D eigenvalue weighted by Gasteiger charge is -2.12. The van der Waals surface area contributed by atoms with Crippen LogP contribution in [-0.4, -0.2) is 50.4 Å². The number of hydrogen-bond acceptors (Lipinski definition) is 7. The van der Waals surface area contributed by atoms with Gasteiger partial charge in [0.05, 0.1) is 19.5 Å². The maximum Gasteiger partial charge on any atom is 0.183 e. The number of nitrogens with zero attached hydrogens (tertiary/aromatic N) is 4. The van der Waals surface area contributed by atoms with Gasteiger partial charge in [-0.2, -0.15) is 0 Å². The fourth-order valence-corrected chi connectivity index (χ4v) is 2.44. The molecule has 2 aromatic rings. The van der Waals surface area contributed by atoms with Crippen molar-refractivity contribution in [1.29, 1.82) is 0 Å². The van der Waals surface area contributed by atoms with Crippen LogP contribution in [0.3, 0.4) is 0 Å². The van der Waals surface area contributed by atoms with E-state index in [4.69, 9.17) is 14.6 Å². The van der Waals surface area contributed by atoms with Gasteiger partial charge in [0.2, 0.25) is 0 Å². The summed E-state index contributed by atoms with van der Waals surface area (Å²) in [5.41, 5.74) is 1.46. The van der Waals surface area contributed by atoms with Crippen molar-refractivity contribution < 1.29 is 14.6 Å². The van der Waals surface area contributed by atoms with Gasteiger partial charge in [-0.1, -0.05) is 0 Å². The highest BCUT2D eigenvalue weighted by molar-refractivity contribution is 7.98. The molecule has 3 heterocycles. The van der Waals surface area contributed by atoms with Crippen molar-refractivity contribution in [3.8, 4) is 0 Å². The van der Waals surface area contributed by atoms with Gasteiger partial charge in [-0.05, 0) is 6.26 Å². The standard InChI is InChI=1S/C10H12N4O3S/c1-18-10-8-9(11-4-12-10)13-5-14(8)6-3-16-7(2-15)17-6/h4-7,15H,2-3H2,1H3/t6-,7-/m1/s1. The van der Waals surface area contributed by atoms with Gasteiger partial charge in [-0.25, -0.2) is 15.0 Å². The molecule has 0 bridgehead atoms. The monoisotopic (exact) mass is 268 g/mol. The Morgan fingerprint density at radius 3 is 3.11 bits per heavy atom. The Labute approximate surface area is 107 Å². The number of hydrogen-bond donors (Lipinski definition) is 1. The van der Waals surface area contributed by atoms with E-state index in [1.54, 1.807) is 6.33 Å². The van der Waals surface area contributed by atoms with Gasteiger partial charge < -0.3 is 14.6 Å². The predicted octanol–water partition coefficient (Wildman–Crippen LogP) is 0.412. The third-order valence-electron chi connectivity index (χ3n) is 2.72. The number of aliphatic hydroxyl groups excluding tert-OH is 1. The van der Waals surface area contributed by atoms with Crippen molar-refractivity contribution in [2.45, 2.75) is 17.5 Å². The van der Waals surface area contributed by atoms with Gasteiger partial charge in [-0.3, -0.25) is 4.57 Å². The Balaban J connectivity index is 2.02. The lowest BCUT2D eigenvalue weighted by Crippen LogP contribution is -2.15. The zero-order valence-corrected chi connectivity index (χ0v) is 10.5. The first-order valence-corrected chi connectivity index (χ1v) is 6.65. The third-order valence-corrected chi connectivity index (χ3v) is 3.40. The van der Waals surface area contributed by atoms with E-state index in [0.29, 0.717) is 12.3 Å². The molecule has 7 nitrogen and oxygen atoms in total. The summed E-state index contributed by atoms with van der Waals surface area (Å²) < 4.78 is 12.7. The number of fused-ring (bicyclic) bond motifs is 1. The number of ether oxygens (including phenoxy) is 2. The Morgan fingerprint density at radius 2 is 2.39 bits per heavy atom. The lowest BCUT2D eigenvalue weighted by molar-refractivity contribution is -0.0980. The fourth-order valence-electron chi connectivity index (χ4n) is 1.90. The van der Waals surface area contributed by atoms with Gasteiger partial charge in [-0.15, -0.1) is 11.8 Å². The molecule has 0 radical (unpaired) electrons. The molecule has 18 heavy (non-hydrogen) atoms. The minimum Gasteiger partial charge on any atom is -0.391 e. The summed E-state index contributed by atoms with van der Waals surface area (Å²) in [4.78, 5) is 12.6. The Hall–Kier alpha value is -1.22. The molecule has 1 aliphatic heterocycles. The van der Waals surface area contributed by atoms with Gasteiger partial charge in [0.15, 0.2) is 18.2 Å². The molecule has 1 aliphatic rings. The maximum atomic E-state index is 8.99. The summed E-state index contributed by atoms with van der Waals surface area (Å²) in [7, 11) is 0. The molecule has 1 saturated heterocycles. The minimum atomic E-state index is -0.574. The second-order valence-corrected chi connectivity index (χ2v) is 4.54. The first-order valence-electron chi connectivity index (χ1n) is 5.43. The summed E-state index contributed by atoms with van der Waals surface area (Å²) >= 11 is 1.52. The van der Waals surface area contributed by atoms with Crippen molar-refractivity contribution in [1.82, 2.24) is 19.5 Å². The number of aromatic nitrogens is 4. The smallest absolute Gasteiger partial charge is 0.183 e. The summed E-state index contributed by atoms with van der Waals surface area (Å²) in [6, 6.07) is 0. The highest BCUT2D eigenvalue weighted by Gasteiger charge is 2.28. The SMILES string of the molecule is CSc1ncnc2ncn([C@H]3CO[C@@H](CO)O3)c12. The average Bonchev–Trinajstić information content (AvgIpc) is 3.03. The maximum absolute atomic E-state index is 8.99. The first-order chi connectivity index (χ1) is 8.83. The summed E-state index contributed by atoms with van der Waals surface area (Å²) in [5, 5.41) is 9.83. The second kappa shape index (κ2) is 4.81. The van der Waals surface area contributed by atoms with Crippen molar-refractivity contribution in [3.63, 3.8) is 0 Å². The van der Waals surface area contributed by atoms with Crippen LogP contribution in [0.2, 0.25) is 0 Å². The van der Waals surface area contributed by atoms with Crippen molar-refractivity contribution in [2.75, 3.05) is 19.5 Å². The Kier molecular flexibility index (Phi) is 3.16. The van der Waals surface area contributed by atoms with Crippen LogP contribution in [0, 0.1) is 0 Å². The van der Waals surface area contributed by atoms with Crippen LogP contribution in [0.5, 0.6) is 0 Å². The van der Waals surface area contributed by atoms with E-state index in [2.05, 4.69) is 15.0 Å². The summed E-state index contributed by atoms with van der Waals surface area (Å²) in [6.45, 7) is 0.217.